The first-order chi connectivity index (χ1) is 9.00. The molecule has 1 heterocycles. The predicted molar refractivity (Wildman–Crippen MR) is 75.8 cm³/mol. The number of hydrogen-bond donors (Lipinski definition) is 3. The highest BCUT2D eigenvalue weighted by Gasteiger charge is 2.34. The van der Waals surface area contributed by atoms with Crippen molar-refractivity contribution in [3.63, 3.8) is 0 Å². The summed E-state index contributed by atoms with van der Waals surface area (Å²) in [5.41, 5.74) is -0.680. The van der Waals surface area contributed by atoms with Gasteiger partial charge in [-0.1, -0.05) is 13.8 Å². The van der Waals surface area contributed by atoms with Crippen LogP contribution in [0.2, 0.25) is 0 Å². The van der Waals surface area contributed by atoms with Crippen LogP contribution in [0, 0.1) is 11.8 Å². The molecule has 2 fully saturated rings. The molecular formula is C15H28N2O2. The van der Waals surface area contributed by atoms with E-state index in [0.29, 0.717) is 18.4 Å². The topological polar surface area (TPSA) is 61.4 Å². The number of hydrogen-bond acceptors (Lipinski definition) is 3. The molecule has 1 saturated heterocycles. The zero-order valence-corrected chi connectivity index (χ0v) is 12.2. The van der Waals surface area contributed by atoms with Gasteiger partial charge in [-0.15, -0.1) is 0 Å². The Morgan fingerprint density at radius 1 is 1.32 bits per heavy atom. The van der Waals surface area contributed by atoms with Gasteiger partial charge in [0.25, 0.3) is 0 Å². The fraction of sp³-hybridized carbons (Fsp3) is 0.933. The average Bonchev–Trinajstić information content (AvgIpc) is 2.41. The van der Waals surface area contributed by atoms with Crippen LogP contribution in [0.1, 0.15) is 52.4 Å². The zero-order chi connectivity index (χ0) is 13.9. The molecule has 1 aliphatic heterocycles. The summed E-state index contributed by atoms with van der Waals surface area (Å²) in [4.78, 5) is 12.2. The van der Waals surface area contributed by atoms with Gasteiger partial charge < -0.3 is 15.7 Å². The number of carbonyl (C=O) groups is 1. The van der Waals surface area contributed by atoms with Crippen LogP contribution in [-0.2, 0) is 4.79 Å². The highest BCUT2D eigenvalue weighted by molar-refractivity contribution is 5.82. The molecule has 2 rings (SSSR count). The molecule has 1 aliphatic carbocycles. The average molecular weight is 268 g/mol. The van der Waals surface area contributed by atoms with E-state index in [2.05, 4.69) is 24.5 Å². The Morgan fingerprint density at radius 3 is 2.63 bits per heavy atom. The summed E-state index contributed by atoms with van der Waals surface area (Å²) in [5, 5.41) is 16.7. The Bertz CT molecular complexity index is 311. The van der Waals surface area contributed by atoms with Gasteiger partial charge in [-0.25, -0.2) is 0 Å². The van der Waals surface area contributed by atoms with Crippen LogP contribution < -0.4 is 10.6 Å². The van der Waals surface area contributed by atoms with Gasteiger partial charge in [0.15, 0.2) is 0 Å². The molecule has 110 valence electrons. The smallest absolute Gasteiger partial charge is 0.237 e. The molecular weight excluding hydrogens is 240 g/mol. The number of rotatable bonds is 3. The van der Waals surface area contributed by atoms with Gasteiger partial charge in [-0.3, -0.25) is 4.79 Å². The lowest BCUT2D eigenvalue weighted by Crippen LogP contribution is -2.54. The van der Waals surface area contributed by atoms with Crippen LogP contribution in [0.15, 0.2) is 0 Å². The van der Waals surface area contributed by atoms with Crippen molar-refractivity contribution in [2.24, 2.45) is 11.8 Å². The summed E-state index contributed by atoms with van der Waals surface area (Å²) in [6, 6.07) is -0.0835. The van der Waals surface area contributed by atoms with Gasteiger partial charge in [-0.05, 0) is 56.9 Å². The molecule has 2 atom stereocenters. The fourth-order valence-corrected chi connectivity index (χ4v) is 3.24. The Morgan fingerprint density at radius 2 is 2.00 bits per heavy atom. The Labute approximate surface area is 116 Å². The lowest BCUT2D eigenvalue weighted by molar-refractivity contribution is -0.126. The second-order valence-corrected chi connectivity index (χ2v) is 6.68. The molecule has 3 N–H and O–H groups in total. The molecule has 0 aromatic heterocycles. The number of piperidine rings is 1. The molecule has 2 aliphatic rings. The molecule has 0 radical (unpaired) electrons. The largest absolute Gasteiger partial charge is 0.388 e. The van der Waals surface area contributed by atoms with E-state index in [9.17, 15) is 9.90 Å². The van der Waals surface area contributed by atoms with Crippen molar-refractivity contribution >= 4 is 5.91 Å². The quantitative estimate of drug-likeness (QED) is 0.725. The van der Waals surface area contributed by atoms with E-state index in [1.54, 1.807) is 0 Å². The van der Waals surface area contributed by atoms with Gasteiger partial charge in [0.2, 0.25) is 5.91 Å². The highest BCUT2D eigenvalue weighted by atomic mass is 16.3. The van der Waals surface area contributed by atoms with Crippen LogP contribution in [-0.4, -0.2) is 35.7 Å². The van der Waals surface area contributed by atoms with Crippen molar-refractivity contribution in [2.75, 3.05) is 13.1 Å². The van der Waals surface area contributed by atoms with Gasteiger partial charge >= 0.3 is 0 Å². The minimum absolute atomic E-state index is 0.0549. The Balaban J connectivity index is 1.79. The van der Waals surface area contributed by atoms with E-state index in [-0.39, 0.29) is 11.9 Å². The van der Waals surface area contributed by atoms with E-state index < -0.39 is 5.60 Å². The van der Waals surface area contributed by atoms with Gasteiger partial charge in [0.05, 0.1) is 11.6 Å². The van der Waals surface area contributed by atoms with Crippen LogP contribution >= 0.6 is 0 Å². The molecule has 0 aromatic carbocycles. The predicted octanol–water partition coefficient (Wildman–Crippen LogP) is 1.43. The van der Waals surface area contributed by atoms with Gasteiger partial charge in [0.1, 0.15) is 0 Å². The maximum Gasteiger partial charge on any atom is 0.237 e. The normalized spacial score (nSPS) is 39.8. The fourth-order valence-electron chi connectivity index (χ4n) is 3.24. The zero-order valence-electron chi connectivity index (χ0n) is 12.2. The summed E-state index contributed by atoms with van der Waals surface area (Å²) in [5.74, 6) is 1.14. The molecule has 19 heavy (non-hydrogen) atoms. The van der Waals surface area contributed by atoms with Crippen LogP contribution in [0.4, 0.5) is 0 Å². The Hall–Kier alpha value is -0.610. The number of amides is 1. The SMILES string of the molecule is CC1CCC(O)(CNC(=O)C2NCCCC2C)CC1. The lowest BCUT2D eigenvalue weighted by Gasteiger charge is -2.36. The molecule has 0 spiro atoms. The third kappa shape index (κ3) is 3.93. The third-order valence-corrected chi connectivity index (χ3v) is 4.85. The van der Waals surface area contributed by atoms with E-state index >= 15 is 0 Å². The summed E-state index contributed by atoms with van der Waals surface area (Å²) < 4.78 is 0. The summed E-state index contributed by atoms with van der Waals surface area (Å²) >= 11 is 0. The standard InChI is InChI=1S/C15H28N2O2/c1-11-5-7-15(19,8-6-11)10-17-14(18)13-12(2)4-3-9-16-13/h11-13,16,19H,3-10H2,1-2H3,(H,17,18). The minimum atomic E-state index is -0.680. The monoisotopic (exact) mass is 268 g/mol. The van der Waals surface area contributed by atoms with Crippen LogP contribution in [0.3, 0.4) is 0 Å². The van der Waals surface area contributed by atoms with Crippen molar-refractivity contribution in [3.8, 4) is 0 Å². The van der Waals surface area contributed by atoms with Crippen molar-refractivity contribution in [1.29, 1.82) is 0 Å². The van der Waals surface area contributed by atoms with Crippen LogP contribution in [0.5, 0.6) is 0 Å². The van der Waals surface area contributed by atoms with E-state index in [4.69, 9.17) is 0 Å². The molecule has 0 aromatic rings. The summed E-state index contributed by atoms with van der Waals surface area (Å²) in [6.07, 6.45) is 5.98. The van der Waals surface area contributed by atoms with Crippen LogP contribution in [0.25, 0.3) is 0 Å². The maximum atomic E-state index is 12.2. The molecule has 1 saturated carbocycles. The van der Waals surface area contributed by atoms with E-state index in [1.165, 1.54) is 0 Å². The van der Waals surface area contributed by atoms with E-state index in [0.717, 1.165) is 45.1 Å². The number of nitrogens with one attached hydrogen (secondary N) is 2. The van der Waals surface area contributed by atoms with Crippen molar-refractivity contribution in [2.45, 2.75) is 64.0 Å². The van der Waals surface area contributed by atoms with E-state index in [1.807, 2.05) is 0 Å². The molecule has 2 unspecified atom stereocenters. The second kappa shape index (κ2) is 6.23. The first kappa shape index (κ1) is 14.8. The summed E-state index contributed by atoms with van der Waals surface area (Å²) in [6.45, 7) is 5.67. The van der Waals surface area contributed by atoms with Crippen molar-refractivity contribution < 1.29 is 9.90 Å². The van der Waals surface area contributed by atoms with Gasteiger partial charge in [-0.2, -0.15) is 0 Å². The molecule has 4 heteroatoms. The molecule has 4 nitrogen and oxygen atoms in total. The van der Waals surface area contributed by atoms with Crippen molar-refractivity contribution in [3.05, 3.63) is 0 Å². The minimum Gasteiger partial charge on any atom is -0.388 e. The first-order valence-electron chi connectivity index (χ1n) is 7.74. The molecule has 0 bridgehead atoms. The highest BCUT2D eigenvalue weighted by Crippen LogP contribution is 2.31. The van der Waals surface area contributed by atoms with Crippen molar-refractivity contribution in [1.82, 2.24) is 10.6 Å². The second-order valence-electron chi connectivity index (χ2n) is 6.68. The summed E-state index contributed by atoms with van der Waals surface area (Å²) in [7, 11) is 0. The first-order valence-corrected chi connectivity index (χ1v) is 7.74. The van der Waals surface area contributed by atoms with Gasteiger partial charge in [0, 0.05) is 6.54 Å². The Kier molecular flexibility index (Phi) is 4.85. The number of aliphatic hydroxyl groups is 1. The maximum absolute atomic E-state index is 12.2. The molecule has 1 amide bonds. The number of carbonyl (C=O) groups excluding carboxylic acids is 1. The lowest BCUT2D eigenvalue weighted by atomic mass is 9.79. The third-order valence-electron chi connectivity index (χ3n) is 4.85.